The summed E-state index contributed by atoms with van der Waals surface area (Å²) >= 11 is 0. The van der Waals surface area contributed by atoms with Gasteiger partial charge in [-0.3, -0.25) is 0 Å². The van der Waals surface area contributed by atoms with Crippen LogP contribution in [0.4, 0.5) is 0 Å². The van der Waals surface area contributed by atoms with Crippen LogP contribution in [0.5, 0.6) is 0 Å². The monoisotopic (exact) mass is 233 g/mol. The molecule has 1 heterocycles. The molecular formula is C14H23N3. The molecule has 3 heteroatoms. The van der Waals surface area contributed by atoms with Crippen LogP contribution < -0.4 is 5.73 Å². The molecule has 94 valence electrons. The van der Waals surface area contributed by atoms with E-state index in [1.807, 2.05) is 0 Å². The average Bonchev–Trinajstić information content (AvgIpc) is 2.66. The fourth-order valence-electron chi connectivity index (χ4n) is 3.54. The lowest BCUT2D eigenvalue weighted by molar-refractivity contribution is 0.313. The van der Waals surface area contributed by atoms with Gasteiger partial charge in [0.25, 0.3) is 0 Å². The van der Waals surface area contributed by atoms with E-state index in [9.17, 15) is 0 Å². The minimum Gasteiger partial charge on any atom is -0.329 e. The molecule has 0 unspecified atom stereocenters. The third-order valence-electron chi connectivity index (χ3n) is 4.45. The summed E-state index contributed by atoms with van der Waals surface area (Å²) < 4.78 is 2.54. The second-order valence-corrected chi connectivity index (χ2v) is 5.70. The van der Waals surface area contributed by atoms with Crippen LogP contribution in [-0.2, 0) is 12.8 Å². The van der Waals surface area contributed by atoms with Crippen molar-refractivity contribution in [3.8, 4) is 0 Å². The quantitative estimate of drug-likeness (QED) is 0.810. The Morgan fingerprint density at radius 2 is 1.82 bits per heavy atom. The molecule has 1 fully saturated rings. The summed E-state index contributed by atoms with van der Waals surface area (Å²) in [6, 6.07) is 1.11. The Labute approximate surface area is 103 Å². The van der Waals surface area contributed by atoms with Crippen molar-refractivity contribution in [3.05, 3.63) is 17.2 Å². The summed E-state index contributed by atoms with van der Waals surface area (Å²) in [4.78, 5) is 4.78. The molecule has 0 atom stereocenters. The maximum absolute atomic E-state index is 6.00. The topological polar surface area (TPSA) is 43.8 Å². The van der Waals surface area contributed by atoms with Crippen molar-refractivity contribution in [2.45, 2.75) is 70.4 Å². The van der Waals surface area contributed by atoms with Crippen LogP contribution in [0, 0.1) is 6.92 Å². The fraction of sp³-hybridized carbons (Fsp3) is 0.786. The summed E-state index contributed by atoms with van der Waals surface area (Å²) in [7, 11) is 0. The van der Waals surface area contributed by atoms with Crippen molar-refractivity contribution < 1.29 is 0 Å². The van der Waals surface area contributed by atoms with Crippen LogP contribution in [0.25, 0.3) is 0 Å². The zero-order valence-electron chi connectivity index (χ0n) is 10.8. The molecule has 2 N–H and O–H groups in total. The number of aromatic nitrogens is 2. The van der Waals surface area contributed by atoms with Gasteiger partial charge in [-0.1, -0.05) is 0 Å². The van der Waals surface area contributed by atoms with Crippen LogP contribution in [0.15, 0.2) is 0 Å². The van der Waals surface area contributed by atoms with Crippen molar-refractivity contribution in [2.24, 2.45) is 5.73 Å². The number of nitrogens with two attached hydrogens (primary N) is 1. The molecule has 0 saturated heterocycles. The van der Waals surface area contributed by atoms with Gasteiger partial charge in [-0.15, -0.1) is 0 Å². The third kappa shape index (κ3) is 2.01. The zero-order chi connectivity index (χ0) is 11.8. The van der Waals surface area contributed by atoms with E-state index < -0.39 is 0 Å². The maximum atomic E-state index is 6.00. The second kappa shape index (κ2) is 4.45. The Morgan fingerprint density at radius 1 is 1.12 bits per heavy atom. The Kier molecular flexibility index (Phi) is 2.95. The standard InChI is InChI=1S/C14H23N3/c1-10-16-13-4-2-3-5-14(13)17(10)12-8-6-11(15)7-9-12/h11-12H,2-9,15H2,1H3. The van der Waals surface area contributed by atoms with E-state index in [4.69, 9.17) is 10.7 Å². The SMILES string of the molecule is Cc1nc2c(n1C1CCC(N)CC1)CCCC2. The van der Waals surface area contributed by atoms with E-state index in [-0.39, 0.29) is 0 Å². The first-order valence-electron chi connectivity index (χ1n) is 7.08. The molecule has 1 aromatic rings. The number of hydrogen-bond acceptors (Lipinski definition) is 2. The first kappa shape index (κ1) is 11.3. The van der Waals surface area contributed by atoms with Gasteiger partial charge in [0.05, 0.1) is 5.69 Å². The summed E-state index contributed by atoms with van der Waals surface area (Å²) in [5.41, 5.74) is 8.92. The Morgan fingerprint density at radius 3 is 2.59 bits per heavy atom. The molecule has 0 radical (unpaired) electrons. The fourth-order valence-corrected chi connectivity index (χ4v) is 3.54. The molecule has 3 nitrogen and oxygen atoms in total. The lowest BCUT2D eigenvalue weighted by Crippen LogP contribution is -2.29. The Balaban J connectivity index is 1.89. The van der Waals surface area contributed by atoms with Crippen molar-refractivity contribution in [1.82, 2.24) is 9.55 Å². The van der Waals surface area contributed by atoms with Gasteiger partial charge in [0.2, 0.25) is 0 Å². The van der Waals surface area contributed by atoms with Gasteiger partial charge in [-0.05, 0) is 58.3 Å². The third-order valence-corrected chi connectivity index (χ3v) is 4.45. The van der Waals surface area contributed by atoms with E-state index >= 15 is 0 Å². The predicted octanol–water partition coefficient (Wildman–Crippen LogP) is 2.51. The van der Waals surface area contributed by atoms with Crippen molar-refractivity contribution in [3.63, 3.8) is 0 Å². The molecule has 0 aromatic carbocycles. The predicted molar refractivity (Wildman–Crippen MR) is 69.1 cm³/mol. The molecular weight excluding hydrogens is 210 g/mol. The van der Waals surface area contributed by atoms with Crippen LogP contribution in [0.3, 0.4) is 0 Å². The highest BCUT2D eigenvalue weighted by molar-refractivity contribution is 5.21. The van der Waals surface area contributed by atoms with E-state index in [0.29, 0.717) is 12.1 Å². The van der Waals surface area contributed by atoms with E-state index in [2.05, 4.69) is 11.5 Å². The average molecular weight is 233 g/mol. The normalized spacial score (nSPS) is 29.1. The molecule has 1 aromatic heterocycles. The Bertz CT molecular complexity index is 400. The van der Waals surface area contributed by atoms with Gasteiger partial charge >= 0.3 is 0 Å². The first-order chi connectivity index (χ1) is 8.25. The van der Waals surface area contributed by atoms with Gasteiger partial charge in [0.15, 0.2) is 0 Å². The molecule has 2 aliphatic rings. The summed E-state index contributed by atoms with van der Waals surface area (Å²) in [6.07, 6.45) is 9.92. The minimum absolute atomic E-state index is 0.436. The summed E-state index contributed by atoms with van der Waals surface area (Å²) in [5.74, 6) is 1.23. The van der Waals surface area contributed by atoms with Gasteiger partial charge < -0.3 is 10.3 Å². The van der Waals surface area contributed by atoms with Crippen molar-refractivity contribution >= 4 is 0 Å². The molecule has 0 bridgehead atoms. The van der Waals surface area contributed by atoms with Gasteiger partial charge in [-0.2, -0.15) is 0 Å². The van der Waals surface area contributed by atoms with E-state index in [0.717, 1.165) is 0 Å². The molecule has 3 rings (SSSR count). The molecule has 0 spiro atoms. The van der Waals surface area contributed by atoms with Crippen molar-refractivity contribution in [1.29, 1.82) is 0 Å². The number of aryl methyl sites for hydroxylation is 2. The largest absolute Gasteiger partial charge is 0.329 e. The number of rotatable bonds is 1. The van der Waals surface area contributed by atoms with Gasteiger partial charge in [0, 0.05) is 17.8 Å². The Hall–Kier alpha value is -0.830. The highest BCUT2D eigenvalue weighted by Crippen LogP contribution is 2.33. The number of nitrogens with zero attached hydrogens (tertiary/aromatic N) is 2. The van der Waals surface area contributed by atoms with Gasteiger partial charge in [-0.25, -0.2) is 4.98 Å². The van der Waals surface area contributed by atoms with Crippen LogP contribution in [0.2, 0.25) is 0 Å². The van der Waals surface area contributed by atoms with Crippen LogP contribution in [-0.4, -0.2) is 15.6 Å². The van der Waals surface area contributed by atoms with E-state index in [1.54, 1.807) is 0 Å². The smallest absolute Gasteiger partial charge is 0.106 e. The first-order valence-corrected chi connectivity index (χ1v) is 7.08. The lowest BCUT2D eigenvalue weighted by atomic mass is 9.90. The lowest BCUT2D eigenvalue weighted by Gasteiger charge is -2.30. The molecule has 0 aliphatic heterocycles. The molecule has 17 heavy (non-hydrogen) atoms. The molecule has 1 saturated carbocycles. The summed E-state index contributed by atoms with van der Waals surface area (Å²) in [6.45, 7) is 2.17. The van der Waals surface area contributed by atoms with Gasteiger partial charge in [0.1, 0.15) is 5.82 Å². The minimum atomic E-state index is 0.436. The van der Waals surface area contributed by atoms with Crippen LogP contribution in [0.1, 0.15) is 61.8 Å². The number of hydrogen-bond donors (Lipinski definition) is 1. The highest BCUT2D eigenvalue weighted by atomic mass is 15.1. The molecule has 0 amide bonds. The van der Waals surface area contributed by atoms with E-state index in [1.165, 1.54) is 68.6 Å². The van der Waals surface area contributed by atoms with Crippen molar-refractivity contribution in [2.75, 3.05) is 0 Å². The zero-order valence-corrected chi connectivity index (χ0v) is 10.8. The molecule has 2 aliphatic carbocycles. The maximum Gasteiger partial charge on any atom is 0.106 e. The summed E-state index contributed by atoms with van der Waals surface area (Å²) in [5, 5.41) is 0. The number of imidazole rings is 1. The van der Waals surface area contributed by atoms with Crippen LogP contribution >= 0.6 is 0 Å². The highest BCUT2D eigenvalue weighted by Gasteiger charge is 2.26. The number of fused-ring (bicyclic) bond motifs is 1. The second-order valence-electron chi connectivity index (χ2n) is 5.70.